The van der Waals surface area contributed by atoms with Gasteiger partial charge in [0.05, 0.1) is 18.2 Å². The zero-order valence-corrected chi connectivity index (χ0v) is 22.4. The predicted molar refractivity (Wildman–Crippen MR) is 147 cm³/mol. The molecule has 212 valence electrons. The van der Waals surface area contributed by atoms with Crippen LogP contribution in [0.2, 0.25) is 0 Å². The lowest BCUT2D eigenvalue weighted by molar-refractivity contribution is -0.139. The summed E-state index contributed by atoms with van der Waals surface area (Å²) in [6.07, 6.45) is 1.03. The molecule has 4 N–H and O–H groups in total. The van der Waals surface area contributed by atoms with Gasteiger partial charge in [0, 0.05) is 5.56 Å². The summed E-state index contributed by atoms with van der Waals surface area (Å²) >= 11 is 0. The van der Waals surface area contributed by atoms with E-state index in [1.54, 1.807) is 19.1 Å². The molecule has 17 nitrogen and oxygen atoms in total. The Hall–Kier alpha value is -6.49. The smallest absolute Gasteiger partial charge is 0.325 e. The van der Waals surface area contributed by atoms with Crippen molar-refractivity contribution in [3.63, 3.8) is 0 Å². The predicted octanol–water partition coefficient (Wildman–Crippen LogP) is 4.85. The molecule has 0 fully saturated rings. The van der Waals surface area contributed by atoms with Gasteiger partial charge in [-0.15, -0.1) is 5.10 Å². The summed E-state index contributed by atoms with van der Waals surface area (Å²) in [6, 6.07) is 6.57. The number of benzene rings is 2. The molecule has 0 bridgehead atoms. The van der Waals surface area contributed by atoms with Crippen LogP contribution in [0, 0.1) is 36.1 Å². The Morgan fingerprint density at radius 2 is 1.71 bits per heavy atom. The molecule has 0 saturated carbocycles. The lowest BCUT2D eigenvalue weighted by Crippen LogP contribution is -2.30. The van der Waals surface area contributed by atoms with E-state index in [4.69, 9.17) is 5.53 Å². The molecule has 0 aliphatic carbocycles. The van der Waals surface area contributed by atoms with Crippen molar-refractivity contribution in [2.24, 2.45) is 52.1 Å². The third kappa shape index (κ3) is 9.36. The van der Waals surface area contributed by atoms with E-state index >= 15 is 0 Å². The SMILES string of the molecule is C=C(C)c1ccc(C)cc1-c1c(O)cc(C#CC#C/C=N/N=N/N=N/N=N/N=N/N=N)c(C(=O)NCC(=O)OC)c1O. The fourth-order valence-corrected chi connectivity index (χ4v) is 3.17. The second-order valence-electron chi connectivity index (χ2n) is 7.71. The Bertz CT molecular complexity index is 1650. The summed E-state index contributed by atoms with van der Waals surface area (Å²) in [5.41, 5.74) is 8.52. The molecule has 17 heteroatoms. The van der Waals surface area contributed by atoms with E-state index < -0.39 is 24.2 Å². The minimum atomic E-state index is -0.842. The van der Waals surface area contributed by atoms with E-state index in [0.29, 0.717) is 16.7 Å². The van der Waals surface area contributed by atoms with Crippen molar-refractivity contribution in [3.8, 4) is 46.3 Å². The van der Waals surface area contributed by atoms with Gasteiger partial charge in [-0.05, 0) is 95.8 Å². The number of aryl methyl sites for hydroxylation is 1. The van der Waals surface area contributed by atoms with Crippen LogP contribution in [0.25, 0.3) is 16.7 Å². The number of amides is 1. The van der Waals surface area contributed by atoms with E-state index in [2.05, 4.69) is 92.4 Å². The maximum Gasteiger partial charge on any atom is 0.325 e. The number of phenolic OH excluding ortho intramolecular Hbond substituents is 2. The second-order valence-corrected chi connectivity index (χ2v) is 7.71. The van der Waals surface area contributed by atoms with Gasteiger partial charge in [0.1, 0.15) is 24.3 Å². The molecule has 0 aliphatic heterocycles. The molecule has 42 heavy (non-hydrogen) atoms. The number of carbonyl (C=O) groups is 2. The third-order valence-electron chi connectivity index (χ3n) is 4.86. The molecule has 0 spiro atoms. The number of esters is 1. The quantitative estimate of drug-likeness (QED) is 0.103. The van der Waals surface area contributed by atoms with Crippen LogP contribution >= 0.6 is 0 Å². The van der Waals surface area contributed by atoms with Crippen molar-refractivity contribution in [2.75, 3.05) is 13.7 Å². The topological polar surface area (TPSA) is 243 Å². The summed E-state index contributed by atoms with van der Waals surface area (Å²) in [5, 5.41) is 54.8. The summed E-state index contributed by atoms with van der Waals surface area (Å²) in [4.78, 5) is 24.6. The van der Waals surface area contributed by atoms with Gasteiger partial charge in [0.15, 0.2) is 0 Å². The number of rotatable bonds is 10. The highest BCUT2D eigenvalue weighted by molar-refractivity contribution is 6.04. The first-order valence-corrected chi connectivity index (χ1v) is 11.4. The van der Waals surface area contributed by atoms with Gasteiger partial charge in [-0.2, -0.15) is 5.53 Å². The molecule has 0 heterocycles. The van der Waals surface area contributed by atoms with E-state index in [0.717, 1.165) is 18.9 Å². The van der Waals surface area contributed by atoms with Crippen LogP contribution in [0.5, 0.6) is 11.5 Å². The fraction of sp³-hybridized carbons (Fsp3) is 0.160. The molecule has 0 radical (unpaired) electrons. The number of nitrogens with one attached hydrogen (secondary N) is 2. The van der Waals surface area contributed by atoms with Crippen LogP contribution in [0.3, 0.4) is 0 Å². The zero-order valence-electron chi connectivity index (χ0n) is 22.4. The number of aromatic hydroxyl groups is 2. The summed E-state index contributed by atoms with van der Waals surface area (Å²) in [5.74, 6) is 7.46. The Balaban J connectivity index is 2.43. The van der Waals surface area contributed by atoms with Gasteiger partial charge in [-0.1, -0.05) is 41.8 Å². The summed E-state index contributed by atoms with van der Waals surface area (Å²) in [7, 11) is 1.16. The zero-order chi connectivity index (χ0) is 30.9. The first-order chi connectivity index (χ1) is 20.2. The normalized spacial score (nSPS) is 11.0. The molecule has 0 atom stereocenters. The number of ether oxygens (including phenoxy) is 1. The third-order valence-corrected chi connectivity index (χ3v) is 4.86. The van der Waals surface area contributed by atoms with Crippen molar-refractivity contribution in [2.45, 2.75) is 13.8 Å². The fourth-order valence-electron chi connectivity index (χ4n) is 3.17. The monoisotopic (exact) mass is 570 g/mol. The largest absolute Gasteiger partial charge is 0.507 e. The highest BCUT2D eigenvalue weighted by atomic mass is 16.5. The number of carbonyl (C=O) groups excluding carboxylic acids is 2. The lowest BCUT2D eigenvalue weighted by Gasteiger charge is -2.17. The van der Waals surface area contributed by atoms with Crippen LogP contribution in [-0.4, -0.2) is 42.0 Å². The highest BCUT2D eigenvalue weighted by Gasteiger charge is 2.25. The van der Waals surface area contributed by atoms with Gasteiger partial charge in [-0.25, -0.2) is 0 Å². The van der Waals surface area contributed by atoms with Gasteiger partial charge < -0.3 is 20.3 Å². The van der Waals surface area contributed by atoms with Gasteiger partial charge in [0.2, 0.25) is 0 Å². The molecular weight excluding hydrogens is 548 g/mol. The molecule has 0 aromatic heterocycles. The maximum atomic E-state index is 13.1. The molecule has 0 aliphatic rings. The number of allylic oxidation sites excluding steroid dienone is 1. The minimum absolute atomic E-state index is 0.0135. The first-order valence-electron chi connectivity index (χ1n) is 11.4. The second kappa shape index (κ2) is 16.5. The minimum Gasteiger partial charge on any atom is -0.507 e. The molecule has 2 aromatic rings. The molecule has 0 unspecified atom stereocenters. The molecule has 1 amide bonds. The number of hydrogen-bond donors (Lipinski definition) is 4. The average molecular weight is 571 g/mol. The van der Waals surface area contributed by atoms with Crippen molar-refractivity contribution < 1.29 is 24.5 Å². The molecule has 0 saturated heterocycles. The van der Waals surface area contributed by atoms with Crippen molar-refractivity contribution in [1.29, 1.82) is 5.53 Å². The van der Waals surface area contributed by atoms with Gasteiger partial charge >= 0.3 is 5.97 Å². The van der Waals surface area contributed by atoms with Crippen molar-refractivity contribution in [1.82, 2.24) is 5.32 Å². The van der Waals surface area contributed by atoms with Gasteiger partial charge in [0.25, 0.3) is 5.91 Å². The Labute approximate surface area is 238 Å². The lowest BCUT2D eigenvalue weighted by atomic mass is 9.90. The number of hydrogen-bond acceptors (Lipinski definition) is 7. The number of phenols is 2. The van der Waals surface area contributed by atoms with Crippen LogP contribution in [0.1, 0.15) is 34.0 Å². The van der Waals surface area contributed by atoms with Crippen LogP contribution in [0.4, 0.5) is 0 Å². The van der Waals surface area contributed by atoms with E-state index in [1.807, 2.05) is 13.0 Å². The van der Waals surface area contributed by atoms with Crippen molar-refractivity contribution >= 4 is 23.7 Å². The van der Waals surface area contributed by atoms with Gasteiger partial charge in [-0.3, -0.25) is 9.59 Å². The molecular formula is C25H22N12O5. The average Bonchev–Trinajstić information content (AvgIpc) is 2.95. The molecule has 2 aromatic carbocycles. The summed E-state index contributed by atoms with van der Waals surface area (Å²) in [6.45, 7) is 7.07. The number of methoxy groups -OCH3 is 1. The maximum absolute atomic E-state index is 13.1. The van der Waals surface area contributed by atoms with Crippen LogP contribution < -0.4 is 5.32 Å². The first kappa shape index (κ1) is 31.7. The standard InChI is InChI=1S/C25H22N12O5/c1-15(2)18-10-9-16(3)12-19(18)23-20(38)13-17(22(24(23)40)25(41)27-14-21(39)42-4)8-6-5-7-11-28-30-32-34-36-37-35-33-31-29-26/h9-13,26,38,40H,1,14H2,2-4H3,(H,27,41)/b28-11+,29-26?,32-30+,33-31+,36-34+,37-35+. The highest BCUT2D eigenvalue weighted by Crippen LogP contribution is 2.44. The van der Waals surface area contributed by atoms with E-state index in [-0.39, 0.29) is 22.4 Å². The van der Waals surface area contributed by atoms with Crippen molar-refractivity contribution in [3.05, 3.63) is 53.1 Å². The van der Waals surface area contributed by atoms with Crippen LogP contribution in [0.15, 0.2) is 83.0 Å². The Morgan fingerprint density at radius 1 is 1.05 bits per heavy atom. The Kier molecular flexibility index (Phi) is 12.4. The molecule has 2 rings (SSSR count). The Morgan fingerprint density at radius 3 is 2.36 bits per heavy atom. The van der Waals surface area contributed by atoms with Crippen LogP contribution in [-0.2, 0) is 9.53 Å². The van der Waals surface area contributed by atoms with E-state index in [1.165, 1.54) is 6.07 Å². The number of nitrogens with zero attached hydrogens (tertiary/aromatic N) is 10. The summed E-state index contributed by atoms with van der Waals surface area (Å²) < 4.78 is 4.55. The van der Waals surface area contributed by atoms with E-state index in [9.17, 15) is 19.8 Å².